The molecule has 7 rings (SSSR count). The number of thiazole rings is 1. The summed E-state index contributed by atoms with van der Waals surface area (Å²) in [5.41, 5.74) is 5.38. The molecule has 4 aromatic rings. The first-order valence-electron chi connectivity index (χ1n) is 14.5. The van der Waals surface area contributed by atoms with Gasteiger partial charge in [0.15, 0.2) is 5.13 Å². The number of carbonyl (C=O) groups excluding carboxylic acids is 1. The highest BCUT2D eigenvalue weighted by molar-refractivity contribution is 7.16. The molecule has 0 atom stereocenters. The van der Waals surface area contributed by atoms with Crippen molar-refractivity contribution in [3.8, 4) is 17.3 Å². The average molecular weight is 599 g/mol. The van der Waals surface area contributed by atoms with E-state index in [9.17, 15) is 19.6 Å². The van der Waals surface area contributed by atoms with Gasteiger partial charge < -0.3 is 19.8 Å². The van der Waals surface area contributed by atoms with Gasteiger partial charge in [-0.05, 0) is 55.2 Å². The maximum absolute atomic E-state index is 13.6. The monoisotopic (exact) mass is 598 g/mol. The first-order chi connectivity index (χ1) is 20.9. The lowest BCUT2D eigenvalue weighted by Gasteiger charge is -2.39. The number of anilines is 3. The van der Waals surface area contributed by atoms with Crippen molar-refractivity contribution in [2.75, 3.05) is 62.7 Å². The number of aliphatic hydroxyl groups is 1. The molecule has 0 bridgehead atoms. The maximum atomic E-state index is 13.6. The van der Waals surface area contributed by atoms with Gasteiger partial charge in [0.05, 0.1) is 30.0 Å². The number of aromatic nitrogens is 3. The molecule has 2 saturated heterocycles. The van der Waals surface area contributed by atoms with Crippen molar-refractivity contribution in [3.05, 3.63) is 58.5 Å². The van der Waals surface area contributed by atoms with Crippen LogP contribution in [-0.2, 0) is 17.6 Å². The summed E-state index contributed by atoms with van der Waals surface area (Å²) >= 11 is 1.32. The maximum Gasteiger partial charge on any atom is 0.236 e. The van der Waals surface area contributed by atoms with Crippen LogP contribution in [0, 0.1) is 17.1 Å². The topological polar surface area (TPSA) is 113 Å². The highest BCUT2D eigenvalue weighted by Gasteiger charge is 2.31. The third-order valence-electron chi connectivity index (χ3n) is 8.58. The Labute approximate surface area is 252 Å². The number of nitriles is 1. The van der Waals surface area contributed by atoms with E-state index in [1.165, 1.54) is 29.0 Å². The van der Waals surface area contributed by atoms with Crippen LogP contribution < -0.4 is 9.80 Å². The van der Waals surface area contributed by atoms with Gasteiger partial charge in [0.2, 0.25) is 5.91 Å². The van der Waals surface area contributed by atoms with Crippen LogP contribution in [0.15, 0.2) is 36.5 Å². The molecule has 1 aliphatic carbocycles. The number of benzene rings is 1. The van der Waals surface area contributed by atoms with Crippen molar-refractivity contribution in [1.29, 1.82) is 5.26 Å². The lowest BCUT2D eigenvalue weighted by Crippen LogP contribution is -2.57. The number of likely N-dealkylation sites (tertiary alicyclic amines) is 1. The van der Waals surface area contributed by atoms with Gasteiger partial charge in [0.1, 0.15) is 28.3 Å². The summed E-state index contributed by atoms with van der Waals surface area (Å²) in [5.74, 6) is 0.600. The van der Waals surface area contributed by atoms with Crippen LogP contribution >= 0.6 is 11.3 Å². The Kier molecular flexibility index (Phi) is 7.17. The zero-order chi connectivity index (χ0) is 29.7. The van der Waals surface area contributed by atoms with Gasteiger partial charge in [-0.25, -0.2) is 14.4 Å². The summed E-state index contributed by atoms with van der Waals surface area (Å²) < 4.78 is 13.6. The summed E-state index contributed by atoms with van der Waals surface area (Å²) in [6.07, 6.45) is 4.31. The van der Waals surface area contributed by atoms with Crippen LogP contribution in [0.5, 0.6) is 0 Å². The minimum Gasteiger partial charge on any atom is -0.389 e. The fraction of sp³-hybridized carbons (Fsp3) is 0.387. The van der Waals surface area contributed by atoms with E-state index in [2.05, 4.69) is 26.8 Å². The second-order valence-corrected chi connectivity index (χ2v) is 12.3. The van der Waals surface area contributed by atoms with E-state index in [1.54, 1.807) is 17.0 Å². The molecule has 0 radical (unpaired) electrons. The average Bonchev–Trinajstić information content (AvgIpc) is 3.66. The molecule has 1 N–H and O–H groups in total. The van der Waals surface area contributed by atoms with Crippen LogP contribution in [0.1, 0.15) is 22.6 Å². The molecular formula is C31H31FN8O2S. The summed E-state index contributed by atoms with van der Waals surface area (Å²) in [6, 6.07) is 10.4. The first-order valence-corrected chi connectivity index (χ1v) is 15.3. The van der Waals surface area contributed by atoms with Crippen molar-refractivity contribution in [1.82, 2.24) is 24.8 Å². The zero-order valence-electron chi connectivity index (χ0n) is 23.8. The number of pyridine rings is 2. The summed E-state index contributed by atoms with van der Waals surface area (Å²) in [5, 5.41) is 21.1. The number of piperazine rings is 1. The Morgan fingerprint density at radius 1 is 1.16 bits per heavy atom. The Hall–Kier alpha value is -4.18. The molecule has 3 aliphatic rings. The first kappa shape index (κ1) is 27.6. The number of nitrogens with zero attached hydrogens (tertiary/aromatic N) is 8. The number of amides is 1. The van der Waals surface area contributed by atoms with Gasteiger partial charge in [-0.3, -0.25) is 14.7 Å². The summed E-state index contributed by atoms with van der Waals surface area (Å²) in [4.78, 5) is 35.8. The van der Waals surface area contributed by atoms with Gasteiger partial charge in [0, 0.05) is 63.0 Å². The number of hydrogen-bond donors (Lipinski definition) is 1. The van der Waals surface area contributed by atoms with Crippen molar-refractivity contribution in [3.63, 3.8) is 0 Å². The fourth-order valence-corrected chi connectivity index (χ4v) is 7.05. The van der Waals surface area contributed by atoms with Crippen molar-refractivity contribution < 1.29 is 14.3 Å². The number of aryl methyl sites for hydroxylation is 1. The van der Waals surface area contributed by atoms with Gasteiger partial charge in [-0.1, -0.05) is 11.3 Å². The standard InChI is InChI=1S/C31H31FN8O2S/c1-37(31-36-29(26(14-33)43-31)19-5-7-20(32)8-6-19)30-22-3-2-4-24(22)35-25-15-34-27(13-23(25)30)39-11-9-38(10-12-39)18-28(42)40-16-21(41)17-40/h5-8,13,15,21,41H,2-4,9-12,16-18H2,1H3. The van der Waals surface area contributed by atoms with E-state index in [0.717, 1.165) is 73.5 Å². The number of carbonyl (C=O) groups is 1. The minimum absolute atomic E-state index is 0.0690. The summed E-state index contributed by atoms with van der Waals surface area (Å²) in [6.45, 7) is 4.23. The summed E-state index contributed by atoms with van der Waals surface area (Å²) in [7, 11) is 1.98. The molecular weight excluding hydrogens is 567 g/mol. The van der Waals surface area contributed by atoms with E-state index < -0.39 is 0 Å². The predicted molar refractivity (Wildman–Crippen MR) is 163 cm³/mol. The lowest BCUT2D eigenvalue weighted by atomic mass is 10.1. The SMILES string of the molecule is CN(c1nc(-c2ccc(F)cc2)c(C#N)s1)c1c2c(nc3cnc(N4CCN(CC(=O)N5CC(O)C5)CC4)cc13)CCC2. The van der Waals surface area contributed by atoms with Crippen LogP contribution in [0.25, 0.3) is 22.2 Å². The molecule has 0 unspecified atom stereocenters. The van der Waals surface area contributed by atoms with Crippen LogP contribution in [0.2, 0.25) is 0 Å². The van der Waals surface area contributed by atoms with Gasteiger partial charge >= 0.3 is 0 Å². The molecule has 1 aromatic carbocycles. The highest BCUT2D eigenvalue weighted by Crippen LogP contribution is 2.42. The number of fused-ring (bicyclic) bond motifs is 2. The molecule has 10 nitrogen and oxygen atoms in total. The molecule has 220 valence electrons. The third kappa shape index (κ3) is 5.18. The molecule has 0 spiro atoms. The van der Waals surface area contributed by atoms with E-state index in [4.69, 9.17) is 15.0 Å². The quantitative estimate of drug-likeness (QED) is 0.357. The zero-order valence-corrected chi connectivity index (χ0v) is 24.6. The molecule has 5 heterocycles. The Bertz CT molecular complexity index is 1740. The van der Waals surface area contributed by atoms with Crippen LogP contribution in [0.3, 0.4) is 0 Å². The van der Waals surface area contributed by atoms with E-state index in [-0.39, 0.29) is 17.8 Å². The fourth-order valence-electron chi connectivity index (χ4n) is 6.20. The molecule has 12 heteroatoms. The number of halogens is 1. The molecule has 2 fully saturated rings. The molecule has 43 heavy (non-hydrogen) atoms. The Morgan fingerprint density at radius 2 is 1.93 bits per heavy atom. The minimum atomic E-state index is -0.389. The third-order valence-corrected chi connectivity index (χ3v) is 9.62. The Balaban J connectivity index is 1.18. The van der Waals surface area contributed by atoms with Crippen molar-refractivity contribution in [2.24, 2.45) is 0 Å². The normalized spacial score (nSPS) is 17.2. The number of rotatable bonds is 6. The van der Waals surface area contributed by atoms with Crippen LogP contribution in [0.4, 0.5) is 21.0 Å². The number of hydrogen-bond acceptors (Lipinski definition) is 10. The Morgan fingerprint density at radius 3 is 2.65 bits per heavy atom. The molecule has 0 saturated carbocycles. The smallest absolute Gasteiger partial charge is 0.236 e. The largest absolute Gasteiger partial charge is 0.389 e. The predicted octanol–water partition coefficient (Wildman–Crippen LogP) is 3.35. The highest BCUT2D eigenvalue weighted by atomic mass is 32.1. The van der Waals surface area contributed by atoms with Gasteiger partial charge in [0.25, 0.3) is 0 Å². The second kappa shape index (κ2) is 11.1. The van der Waals surface area contributed by atoms with E-state index >= 15 is 0 Å². The molecule has 3 aromatic heterocycles. The van der Waals surface area contributed by atoms with Gasteiger partial charge in [-0.2, -0.15) is 5.26 Å². The van der Waals surface area contributed by atoms with Gasteiger partial charge in [-0.15, -0.1) is 0 Å². The van der Waals surface area contributed by atoms with E-state index in [0.29, 0.717) is 40.9 Å². The number of aliphatic hydroxyl groups excluding tert-OH is 1. The van der Waals surface area contributed by atoms with Crippen molar-refractivity contribution in [2.45, 2.75) is 25.4 Å². The van der Waals surface area contributed by atoms with E-state index in [1.807, 2.05) is 13.2 Å². The second-order valence-electron chi connectivity index (χ2n) is 11.4. The number of β-amino-alcohol motifs (C(OH)–C–C–N with tert-alkyl or cyclic N) is 1. The molecule has 1 amide bonds. The molecule has 2 aliphatic heterocycles. The van der Waals surface area contributed by atoms with Crippen LogP contribution in [-0.4, -0.2) is 94.7 Å². The lowest BCUT2D eigenvalue weighted by molar-refractivity contribution is -0.142. The van der Waals surface area contributed by atoms with Crippen molar-refractivity contribution >= 4 is 44.8 Å².